The molecule has 9 heteroatoms. The van der Waals surface area contributed by atoms with Crippen molar-refractivity contribution in [2.75, 3.05) is 27.3 Å². The van der Waals surface area contributed by atoms with Crippen molar-refractivity contribution >= 4 is 33.4 Å². The molecule has 26 heavy (non-hydrogen) atoms. The van der Waals surface area contributed by atoms with Crippen LogP contribution in [0.4, 0.5) is 0 Å². The number of thiophene rings is 1. The number of aliphatic carboxylic acids is 1. The van der Waals surface area contributed by atoms with Crippen LogP contribution in [0, 0.1) is 12.8 Å². The van der Waals surface area contributed by atoms with Gasteiger partial charge in [-0.3, -0.25) is 9.59 Å². The molecule has 8 nitrogen and oxygen atoms in total. The van der Waals surface area contributed by atoms with E-state index >= 15 is 0 Å². The Kier molecular flexibility index (Phi) is 5.38. The standard InChI is InChI=1S/C17H21N3O5S/c1-9-12-14(25-3)18-11(8-24-2)19-15(12)26-13(9)16(21)20-6-4-5-10(7-20)17(22)23/h10H,4-8H2,1-3H3,(H,22,23)/t10-/m0/s1. The van der Waals surface area contributed by atoms with E-state index in [0.29, 0.717) is 46.2 Å². The molecule has 0 spiro atoms. The van der Waals surface area contributed by atoms with Gasteiger partial charge in [0.05, 0.1) is 23.3 Å². The maximum absolute atomic E-state index is 13.0. The molecule has 2 aromatic heterocycles. The van der Waals surface area contributed by atoms with Crippen molar-refractivity contribution in [2.24, 2.45) is 5.92 Å². The number of carbonyl (C=O) groups is 2. The zero-order valence-electron chi connectivity index (χ0n) is 14.9. The lowest BCUT2D eigenvalue weighted by Gasteiger charge is -2.30. The molecular formula is C17H21N3O5S. The smallest absolute Gasteiger partial charge is 0.308 e. The second kappa shape index (κ2) is 7.55. The van der Waals surface area contributed by atoms with E-state index in [1.807, 2.05) is 6.92 Å². The summed E-state index contributed by atoms with van der Waals surface area (Å²) in [5.74, 6) is -0.623. The Balaban J connectivity index is 1.98. The number of amides is 1. The summed E-state index contributed by atoms with van der Waals surface area (Å²) in [4.78, 5) is 35.9. The highest BCUT2D eigenvalue weighted by atomic mass is 32.1. The van der Waals surface area contributed by atoms with Crippen LogP contribution >= 0.6 is 11.3 Å². The van der Waals surface area contributed by atoms with E-state index < -0.39 is 11.9 Å². The summed E-state index contributed by atoms with van der Waals surface area (Å²) in [6.07, 6.45) is 1.29. The number of methoxy groups -OCH3 is 2. The van der Waals surface area contributed by atoms with E-state index in [4.69, 9.17) is 9.47 Å². The van der Waals surface area contributed by atoms with Gasteiger partial charge >= 0.3 is 5.97 Å². The van der Waals surface area contributed by atoms with Crippen molar-refractivity contribution < 1.29 is 24.2 Å². The normalized spacial score (nSPS) is 17.5. The maximum atomic E-state index is 13.0. The average Bonchev–Trinajstić information content (AvgIpc) is 2.97. The van der Waals surface area contributed by atoms with Gasteiger partial charge in [-0.2, -0.15) is 4.98 Å². The summed E-state index contributed by atoms with van der Waals surface area (Å²) in [6.45, 7) is 2.89. The predicted molar refractivity (Wildman–Crippen MR) is 95.7 cm³/mol. The number of carboxylic acids is 1. The van der Waals surface area contributed by atoms with Gasteiger partial charge < -0.3 is 19.5 Å². The summed E-state index contributed by atoms with van der Waals surface area (Å²) < 4.78 is 10.5. The summed E-state index contributed by atoms with van der Waals surface area (Å²) in [5.41, 5.74) is 0.758. The van der Waals surface area contributed by atoms with E-state index in [9.17, 15) is 14.7 Å². The second-order valence-electron chi connectivity index (χ2n) is 6.25. The largest absolute Gasteiger partial charge is 0.481 e. The SMILES string of the molecule is COCc1nc(OC)c2c(C)c(C(=O)N3CCC[C@H](C(=O)O)C3)sc2n1. The van der Waals surface area contributed by atoms with Gasteiger partial charge in [-0.25, -0.2) is 4.98 Å². The quantitative estimate of drug-likeness (QED) is 0.848. The summed E-state index contributed by atoms with van der Waals surface area (Å²) in [6, 6.07) is 0. The van der Waals surface area contributed by atoms with E-state index in [0.717, 1.165) is 5.56 Å². The van der Waals surface area contributed by atoms with Crippen LogP contribution in [-0.2, 0) is 16.1 Å². The van der Waals surface area contributed by atoms with Crippen molar-refractivity contribution in [3.8, 4) is 5.88 Å². The molecule has 1 amide bonds. The Morgan fingerprint density at radius 2 is 2.12 bits per heavy atom. The lowest BCUT2D eigenvalue weighted by atomic mass is 9.98. The summed E-state index contributed by atoms with van der Waals surface area (Å²) in [7, 11) is 3.09. The van der Waals surface area contributed by atoms with Crippen LogP contribution in [0.1, 0.15) is 33.9 Å². The molecule has 1 fully saturated rings. The summed E-state index contributed by atoms with van der Waals surface area (Å²) in [5, 5.41) is 9.96. The molecule has 1 atom stereocenters. The van der Waals surface area contributed by atoms with E-state index in [1.54, 1.807) is 12.0 Å². The number of hydrogen-bond acceptors (Lipinski definition) is 7. The van der Waals surface area contributed by atoms with Gasteiger partial charge in [-0.1, -0.05) is 0 Å². The first-order chi connectivity index (χ1) is 12.5. The number of carbonyl (C=O) groups excluding carboxylic acids is 1. The first-order valence-corrected chi connectivity index (χ1v) is 9.13. The van der Waals surface area contributed by atoms with Gasteiger partial charge in [-0.05, 0) is 25.3 Å². The van der Waals surface area contributed by atoms with Crippen LogP contribution in [-0.4, -0.2) is 59.2 Å². The lowest BCUT2D eigenvalue weighted by Crippen LogP contribution is -2.42. The first kappa shape index (κ1) is 18.5. The number of rotatable bonds is 5. The van der Waals surface area contributed by atoms with Crippen LogP contribution < -0.4 is 4.74 Å². The predicted octanol–water partition coefficient (Wildman–Crippen LogP) is 2.09. The Morgan fingerprint density at radius 1 is 1.35 bits per heavy atom. The molecule has 0 radical (unpaired) electrons. The Bertz CT molecular complexity index is 851. The number of carboxylic acid groups (broad SMARTS) is 1. The number of piperidine rings is 1. The topological polar surface area (TPSA) is 102 Å². The number of fused-ring (bicyclic) bond motifs is 1. The fourth-order valence-electron chi connectivity index (χ4n) is 3.20. The van der Waals surface area contributed by atoms with E-state index in [1.165, 1.54) is 18.4 Å². The van der Waals surface area contributed by atoms with Crippen molar-refractivity contribution in [3.63, 3.8) is 0 Å². The first-order valence-electron chi connectivity index (χ1n) is 8.31. The van der Waals surface area contributed by atoms with E-state index in [2.05, 4.69) is 9.97 Å². The molecule has 2 aromatic rings. The molecule has 0 aromatic carbocycles. The molecule has 0 aliphatic carbocycles. The van der Waals surface area contributed by atoms with Crippen molar-refractivity contribution in [1.82, 2.24) is 14.9 Å². The van der Waals surface area contributed by atoms with Gasteiger partial charge in [0.15, 0.2) is 5.82 Å². The Labute approximate surface area is 154 Å². The molecule has 1 aliphatic heterocycles. The van der Waals surface area contributed by atoms with Crippen molar-refractivity contribution in [1.29, 1.82) is 0 Å². The van der Waals surface area contributed by atoms with Gasteiger partial charge in [0.2, 0.25) is 5.88 Å². The van der Waals surface area contributed by atoms with Gasteiger partial charge in [-0.15, -0.1) is 11.3 Å². The van der Waals surface area contributed by atoms with Crippen LogP contribution in [0.15, 0.2) is 0 Å². The lowest BCUT2D eigenvalue weighted by molar-refractivity contribution is -0.143. The molecule has 0 unspecified atom stereocenters. The minimum absolute atomic E-state index is 0.160. The maximum Gasteiger partial charge on any atom is 0.308 e. The number of aryl methyl sites for hydroxylation is 1. The molecule has 0 saturated carbocycles. The molecule has 1 aliphatic rings. The minimum atomic E-state index is -0.854. The third-order valence-corrected chi connectivity index (χ3v) is 5.70. The fraction of sp³-hybridized carbons (Fsp3) is 0.529. The average molecular weight is 379 g/mol. The third kappa shape index (κ3) is 3.36. The second-order valence-corrected chi connectivity index (χ2v) is 7.25. The highest BCUT2D eigenvalue weighted by Crippen LogP contribution is 2.36. The van der Waals surface area contributed by atoms with Crippen LogP contribution in [0.5, 0.6) is 5.88 Å². The monoisotopic (exact) mass is 379 g/mol. The summed E-state index contributed by atoms with van der Waals surface area (Å²) >= 11 is 1.28. The zero-order valence-corrected chi connectivity index (χ0v) is 15.8. The number of hydrogen-bond donors (Lipinski definition) is 1. The number of ether oxygens (including phenoxy) is 2. The fourth-order valence-corrected chi connectivity index (χ4v) is 4.35. The highest BCUT2D eigenvalue weighted by molar-refractivity contribution is 7.20. The molecule has 3 rings (SSSR count). The van der Waals surface area contributed by atoms with Crippen LogP contribution in [0.2, 0.25) is 0 Å². The highest BCUT2D eigenvalue weighted by Gasteiger charge is 2.31. The number of likely N-dealkylation sites (tertiary alicyclic amines) is 1. The molecule has 140 valence electrons. The van der Waals surface area contributed by atoms with Crippen molar-refractivity contribution in [2.45, 2.75) is 26.4 Å². The zero-order chi connectivity index (χ0) is 18.8. The molecule has 1 saturated heterocycles. The van der Waals surface area contributed by atoms with Crippen LogP contribution in [0.25, 0.3) is 10.2 Å². The molecule has 0 bridgehead atoms. The van der Waals surface area contributed by atoms with Gasteiger partial charge in [0.1, 0.15) is 11.4 Å². The van der Waals surface area contributed by atoms with Gasteiger partial charge in [0, 0.05) is 20.2 Å². The Morgan fingerprint density at radius 3 is 2.77 bits per heavy atom. The number of nitrogens with zero attached hydrogens (tertiary/aromatic N) is 3. The van der Waals surface area contributed by atoms with Crippen molar-refractivity contribution in [3.05, 3.63) is 16.3 Å². The molecular weight excluding hydrogens is 358 g/mol. The molecule has 1 N–H and O–H groups in total. The van der Waals surface area contributed by atoms with Gasteiger partial charge in [0.25, 0.3) is 5.91 Å². The molecule has 3 heterocycles. The third-order valence-electron chi connectivity index (χ3n) is 4.52. The van der Waals surface area contributed by atoms with E-state index in [-0.39, 0.29) is 19.1 Å². The minimum Gasteiger partial charge on any atom is -0.481 e. The van der Waals surface area contributed by atoms with Crippen LogP contribution in [0.3, 0.4) is 0 Å². The Hall–Kier alpha value is -2.26. The number of aromatic nitrogens is 2.